The van der Waals surface area contributed by atoms with E-state index in [0.717, 1.165) is 4.73 Å². The van der Waals surface area contributed by atoms with E-state index < -0.39 is 18.0 Å². The number of aromatic nitrogens is 1. The number of rotatable bonds is 6. The van der Waals surface area contributed by atoms with Crippen LogP contribution in [0, 0.1) is 0 Å². The minimum atomic E-state index is -1.18. The third kappa shape index (κ3) is 3.45. The molecule has 6 nitrogen and oxygen atoms in total. The number of aromatic carboxylic acids is 1. The quantitative estimate of drug-likeness (QED) is 0.734. The van der Waals surface area contributed by atoms with E-state index in [1.54, 1.807) is 24.3 Å². The van der Waals surface area contributed by atoms with Crippen LogP contribution >= 0.6 is 27.7 Å². The molecule has 0 spiro atoms. The molecule has 3 N–H and O–H groups in total. The van der Waals surface area contributed by atoms with E-state index in [-0.39, 0.29) is 10.5 Å². The number of hydrogen-bond acceptors (Lipinski definition) is 5. The molecule has 1 aromatic carbocycles. The Morgan fingerprint density at radius 3 is 2.77 bits per heavy atom. The normalized spacial score (nSPS) is 13.8. The molecule has 0 radical (unpaired) electrons. The second-order valence-electron chi connectivity index (χ2n) is 4.60. The zero-order valence-corrected chi connectivity index (χ0v) is 14.1. The van der Waals surface area contributed by atoms with Gasteiger partial charge in [-0.25, -0.2) is 9.59 Å². The number of carbonyl (C=O) groups is 2. The predicted molar refractivity (Wildman–Crippen MR) is 89.6 cm³/mol. The maximum Gasteiger partial charge on any atom is 0.356 e. The van der Waals surface area contributed by atoms with Crippen molar-refractivity contribution in [2.45, 2.75) is 10.9 Å². The van der Waals surface area contributed by atoms with Crippen LogP contribution in [0.15, 0.2) is 30.3 Å². The first-order valence-corrected chi connectivity index (χ1v) is 8.71. The smallest absolute Gasteiger partial charge is 0.356 e. The fourth-order valence-corrected chi connectivity index (χ4v) is 3.47. The van der Waals surface area contributed by atoms with Crippen molar-refractivity contribution in [3.05, 3.63) is 36.0 Å². The Hall–Kier alpha value is -1.51. The average Bonchev–Trinajstić information content (AvgIpc) is 2.86. The van der Waals surface area contributed by atoms with Crippen molar-refractivity contribution in [2.75, 3.05) is 12.0 Å². The van der Waals surface area contributed by atoms with E-state index in [1.807, 2.05) is 6.26 Å². The zero-order chi connectivity index (χ0) is 16.3. The molecule has 0 amide bonds. The minimum Gasteiger partial charge on any atom is -0.476 e. The summed E-state index contributed by atoms with van der Waals surface area (Å²) in [6.45, 7) is 0. The molecule has 2 unspecified atom stereocenters. The highest BCUT2D eigenvalue weighted by atomic mass is 79.9. The van der Waals surface area contributed by atoms with E-state index in [0.29, 0.717) is 16.7 Å². The summed E-state index contributed by atoms with van der Waals surface area (Å²) >= 11 is 4.87. The minimum absolute atomic E-state index is 0.127. The number of carbonyl (C=O) groups excluding carboxylic acids is 1. The molecule has 1 aromatic heterocycles. The molecule has 0 aliphatic carbocycles. The van der Waals surface area contributed by atoms with Crippen LogP contribution in [0.2, 0.25) is 0 Å². The summed E-state index contributed by atoms with van der Waals surface area (Å²) in [6, 6.07) is 7.48. The van der Waals surface area contributed by atoms with Crippen LogP contribution in [0.3, 0.4) is 0 Å². The van der Waals surface area contributed by atoms with Gasteiger partial charge in [0.05, 0.1) is 5.52 Å². The average molecular weight is 387 g/mol. The van der Waals surface area contributed by atoms with Gasteiger partial charge >= 0.3 is 11.9 Å². The highest BCUT2D eigenvalue weighted by Crippen LogP contribution is 2.19. The van der Waals surface area contributed by atoms with Crippen LogP contribution in [0.1, 0.15) is 10.5 Å². The molecule has 2 rings (SSSR count). The molecule has 8 heteroatoms. The van der Waals surface area contributed by atoms with Crippen LogP contribution < -0.4 is 10.6 Å². The van der Waals surface area contributed by atoms with Crippen molar-refractivity contribution in [3.63, 3.8) is 0 Å². The maximum absolute atomic E-state index is 12.1. The Morgan fingerprint density at radius 1 is 1.45 bits per heavy atom. The molecule has 22 heavy (non-hydrogen) atoms. The SMILES string of the molecule is CSCC(Br)C(N)C(=O)On1c(C(=O)O)cc2ccccc21. The van der Waals surface area contributed by atoms with Crippen LogP contribution in [0.5, 0.6) is 0 Å². The molecule has 0 fully saturated rings. The number of nitrogens with two attached hydrogens (primary N) is 1. The summed E-state index contributed by atoms with van der Waals surface area (Å²) < 4.78 is 1.01. The van der Waals surface area contributed by atoms with Crippen LogP contribution in [-0.4, -0.2) is 44.7 Å². The van der Waals surface area contributed by atoms with Crippen molar-refractivity contribution in [1.29, 1.82) is 0 Å². The molecule has 0 aliphatic rings. The Kier molecular flexibility index (Phi) is 5.49. The highest BCUT2D eigenvalue weighted by molar-refractivity contribution is 9.09. The second kappa shape index (κ2) is 7.17. The molecule has 2 aromatic rings. The summed E-state index contributed by atoms with van der Waals surface area (Å²) in [6.07, 6.45) is 1.90. The van der Waals surface area contributed by atoms with E-state index in [9.17, 15) is 14.7 Å². The number of carboxylic acids is 1. The van der Waals surface area contributed by atoms with Crippen molar-refractivity contribution >= 4 is 50.5 Å². The topological polar surface area (TPSA) is 94.6 Å². The van der Waals surface area contributed by atoms with Crippen LogP contribution in [0.25, 0.3) is 10.9 Å². The van der Waals surface area contributed by atoms with Crippen LogP contribution in [-0.2, 0) is 4.79 Å². The first kappa shape index (κ1) is 16.9. The van der Waals surface area contributed by atoms with Crippen molar-refractivity contribution in [1.82, 2.24) is 4.73 Å². The van der Waals surface area contributed by atoms with Gasteiger partial charge in [0.2, 0.25) is 0 Å². The molecular weight excluding hydrogens is 372 g/mol. The molecule has 0 aliphatic heterocycles. The van der Waals surface area contributed by atoms with Gasteiger partial charge in [0, 0.05) is 16.0 Å². The maximum atomic E-state index is 12.1. The largest absolute Gasteiger partial charge is 0.476 e. The lowest BCUT2D eigenvalue weighted by Crippen LogP contribution is -2.45. The van der Waals surface area contributed by atoms with Gasteiger partial charge < -0.3 is 15.7 Å². The third-order valence-corrected chi connectivity index (χ3v) is 5.07. The van der Waals surface area contributed by atoms with Gasteiger partial charge in [-0.05, 0) is 18.4 Å². The number of fused-ring (bicyclic) bond motifs is 1. The summed E-state index contributed by atoms with van der Waals surface area (Å²) in [5.41, 5.74) is 6.21. The van der Waals surface area contributed by atoms with E-state index >= 15 is 0 Å². The number of carboxylic acid groups (broad SMARTS) is 1. The molecule has 1 heterocycles. The first-order valence-electron chi connectivity index (χ1n) is 6.40. The number of halogens is 1. The lowest BCUT2D eigenvalue weighted by atomic mass is 10.2. The van der Waals surface area contributed by atoms with Crippen molar-refractivity contribution < 1.29 is 19.5 Å². The monoisotopic (exact) mass is 386 g/mol. The molecular formula is C14H15BrN2O4S. The lowest BCUT2D eigenvalue weighted by molar-refractivity contribution is -0.145. The second-order valence-corrected chi connectivity index (χ2v) is 6.68. The summed E-state index contributed by atoms with van der Waals surface area (Å²) in [5.74, 6) is -1.24. The van der Waals surface area contributed by atoms with E-state index in [4.69, 9.17) is 10.6 Å². The van der Waals surface area contributed by atoms with Crippen LogP contribution in [0.4, 0.5) is 0 Å². The third-order valence-electron chi connectivity index (χ3n) is 3.05. The fourth-order valence-electron chi connectivity index (χ4n) is 1.94. The van der Waals surface area contributed by atoms with E-state index in [1.165, 1.54) is 17.8 Å². The zero-order valence-electron chi connectivity index (χ0n) is 11.7. The highest BCUT2D eigenvalue weighted by Gasteiger charge is 2.26. The Balaban J connectivity index is 2.32. The van der Waals surface area contributed by atoms with Gasteiger partial charge in [0.1, 0.15) is 6.04 Å². The van der Waals surface area contributed by atoms with Gasteiger partial charge in [-0.1, -0.05) is 34.1 Å². The van der Waals surface area contributed by atoms with Gasteiger partial charge in [-0.15, -0.1) is 0 Å². The predicted octanol–water partition coefficient (Wildman–Crippen LogP) is 1.75. The summed E-state index contributed by atoms with van der Waals surface area (Å²) in [7, 11) is 0. The molecule has 0 bridgehead atoms. The number of benzene rings is 1. The van der Waals surface area contributed by atoms with Gasteiger partial charge in [0.15, 0.2) is 5.69 Å². The molecule has 0 saturated heterocycles. The summed E-state index contributed by atoms with van der Waals surface area (Å²) in [5, 5.41) is 9.92. The summed E-state index contributed by atoms with van der Waals surface area (Å²) in [4.78, 5) is 28.4. The molecule has 118 valence electrons. The lowest BCUT2D eigenvalue weighted by Gasteiger charge is -2.17. The first-order chi connectivity index (χ1) is 10.5. The Bertz CT molecular complexity index is 703. The number of nitrogens with zero attached hydrogens (tertiary/aromatic N) is 1. The molecule has 0 saturated carbocycles. The van der Waals surface area contributed by atoms with Gasteiger partial charge in [0.25, 0.3) is 0 Å². The van der Waals surface area contributed by atoms with Gasteiger partial charge in [-0.2, -0.15) is 16.5 Å². The number of alkyl halides is 1. The van der Waals surface area contributed by atoms with Crippen molar-refractivity contribution in [2.24, 2.45) is 5.73 Å². The number of para-hydroxylation sites is 1. The standard InChI is InChI=1S/C14H15BrN2O4S/c1-22-7-9(15)12(16)14(20)21-17-10-5-3-2-4-8(10)6-11(17)13(18)19/h2-6,9,12H,7,16H2,1H3,(H,18,19). The van der Waals surface area contributed by atoms with E-state index in [2.05, 4.69) is 15.9 Å². The fraction of sp³-hybridized carbons (Fsp3) is 0.286. The number of hydrogen-bond donors (Lipinski definition) is 2. The molecule has 2 atom stereocenters. The van der Waals surface area contributed by atoms with Gasteiger partial charge in [-0.3, -0.25) is 0 Å². The Morgan fingerprint density at radius 2 is 2.14 bits per heavy atom. The number of thioether (sulfide) groups is 1. The Labute approximate surface area is 139 Å². The van der Waals surface area contributed by atoms with Crippen molar-refractivity contribution in [3.8, 4) is 0 Å².